The van der Waals surface area contributed by atoms with Crippen LogP contribution in [0.5, 0.6) is 5.75 Å². The Kier molecular flexibility index (Phi) is 4.67. The average Bonchev–Trinajstić information content (AvgIpc) is 2.62. The molecule has 26 heavy (non-hydrogen) atoms. The van der Waals surface area contributed by atoms with Crippen LogP contribution in [0.15, 0.2) is 61.1 Å². The molecular formula is C21H17BrO3S. The van der Waals surface area contributed by atoms with Gasteiger partial charge in [-0.2, -0.15) is 0 Å². The van der Waals surface area contributed by atoms with E-state index in [4.69, 9.17) is 9.15 Å². The Labute approximate surface area is 164 Å². The largest absolute Gasteiger partial charge is 0.487 e. The monoisotopic (exact) mass is 428 g/mol. The second-order valence-electron chi connectivity index (χ2n) is 6.31. The number of hydrogen-bond donors (Lipinski definition) is 0. The van der Waals surface area contributed by atoms with Crippen LogP contribution in [0.3, 0.4) is 0 Å². The van der Waals surface area contributed by atoms with Gasteiger partial charge < -0.3 is 9.15 Å². The fourth-order valence-electron chi connectivity index (χ4n) is 3.12. The average molecular weight is 429 g/mol. The quantitative estimate of drug-likeness (QED) is 0.498. The molecule has 0 saturated carbocycles. The first-order chi connectivity index (χ1) is 12.5. The molecule has 2 heterocycles. The maximum atomic E-state index is 12.6. The molecule has 2 aromatic carbocycles. The van der Waals surface area contributed by atoms with E-state index in [2.05, 4.69) is 28.1 Å². The SMILES string of the molecule is Cc1ccc2oc(=O)c3c(c2c1)SCC=C3COc1c(C)cccc1Br. The van der Waals surface area contributed by atoms with Gasteiger partial charge in [-0.25, -0.2) is 4.79 Å². The van der Waals surface area contributed by atoms with Crippen LogP contribution in [0.4, 0.5) is 0 Å². The van der Waals surface area contributed by atoms with Crippen molar-refractivity contribution in [1.29, 1.82) is 0 Å². The molecule has 0 aliphatic carbocycles. The molecule has 3 nitrogen and oxygen atoms in total. The minimum atomic E-state index is -0.303. The molecule has 1 aliphatic heterocycles. The third-order valence-electron chi connectivity index (χ3n) is 4.43. The van der Waals surface area contributed by atoms with Gasteiger partial charge in [0, 0.05) is 21.6 Å². The van der Waals surface area contributed by atoms with E-state index in [0.29, 0.717) is 17.8 Å². The Morgan fingerprint density at radius 3 is 2.88 bits per heavy atom. The lowest BCUT2D eigenvalue weighted by atomic mass is 10.0. The van der Waals surface area contributed by atoms with Crippen LogP contribution in [0.2, 0.25) is 0 Å². The van der Waals surface area contributed by atoms with Gasteiger partial charge in [0.25, 0.3) is 0 Å². The van der Waals surface area contributed by atoms with E-state index in [0.717, 1.165) is 43.0 Å². The van der Waals surface area contributed by atoms with E-state index < -0.39 is 0 Å². The van der Waals surface area contributed by atoms with Crippen molar-refractivity contribution >= 4 is 44.2 Å². The molecule has 1 aliphatic rings. The van der Waals surface area contributed by atoms with Crippen molar-refractivity contribution in [3.63, 3.8) is 0 Å². The van der Waals surface area contributed by atoms with Gasteiger partial charge in [0.1, 0.15) is 17.9 Å². The summed E-state index contributed by atoms with van der Waals surface area (Å²) in [4.78, 5) is 13.6. The smallest absolute Gasteiger partial charge is 0.345 e. The lowest BCUT2D eigenvalue weighted by Gasteiger charge is -2.19. The molecule has 0 N–H and O–H groups in total. The molecule has 0 saturated heterocycles. The van der Waals surface area contributed by atoms with Crippen LogP contribution in [0.25, 0.3) is 16.5 Å². The number of halogens is 1. The normalized spacial score (nSPS) is 13.4. The number of rotatable bonds is 3. The number of hydrogen-bond acceptors (Lipinski definition) is 4. The summed E-state index contributed by atoms with van der Waals surface area (Å²) < 4.78 is 12.5. The molecule has 1 aromatic heterocycles. The first-order valence-electron chi connectivity index (χ1n) is 8.32. The summed E-state index contributed by atoms with van der Waals surface area (Å²) in [5.74, 6) is 1.61. The van der Waals surface area contributed by atoms with Crippen molar-refractivity contribution < 1.29 is 9.15 Å². The number of benzene rings is 2. The molecular weight excluding hydrogens is 412 g/mol. The highest BCUT2D eigenvalue weighted by Crippen LogP contribution is 2.38. The van der Waals surface area contributed by atoms with Crippen LogP contribution in [-0.2, 0) is 0 Å². The fraction of sp³-hybridized carbons (Fsp3) is 0.190. The van der Waals surface area contributed by atoms with Crippen molar-refractivity contribution in [3.8, 4) is 5.75 Å². The summed E-state index contributed by atoms with van der Waals surface area (Å²) in [6, 6.07) is 11.8. The van der Waals surface area contributed by atoms with Gasteiger partial charge in [0.05, 0.1) is 10.0 Å². The maximum absolute atomic E-state index is 12.6. The van der Waals surface area contributed by atoms with Gasteiger partial charge in [-0.1, -0.05) is 29.8 Å². The number of para-hydroxylation sites is 1. The van der Waals surface area contributed by atoms with Crippen LogP contribution >= 0.6 is 27.7 Å². The highest BCUT2D eigenvalue weighted by molar-refractivity contribution is 9.10. The lowest BCUT2D eigenvalue weighted by molar-refractivity contribution is 0.363. The van der Waals surface area contributed by atoms with E-state index >= 15 is 0 Å². The van der Waals surface area contributed by atoms with E-state index in [-0.39, 0.29) is 5.63 Å². The molecule has 0 fully saturated rings. The number of aryl methyl sites for hydroxylation is 2. The molecule has 0 bridgehead atoms. The molecule has 0 unspecified atom stereocenters. The lowest BCUT2D eigenvalue weighted by Crippen LogP contribution is -2.16. The van der Waals surface area contributed by atoms with Crippen molar-refractivity contribution in [2.45, 2.75) is 18.7 Å². The van der Waals surface area contributed by atoms with Crippen LogP contribution in [0.1, 0.15) is 16.7 Å². The zero-order valence-electron chi connectivity index (χ0n) is 14.5. The van der Waals surface area contributed by atoms with Gasteiger partial charge in [-0.05, 0) is 53.5 Å². The van der Waals surface area contributed by atoms with Gasteiger partial charge >= 0.3 is 5.63 Å². The topological polar surface area (TPSA) is 39.4 Å². The maximum Gasteiger partial charge on any atom is 0.345 e. The highest BCUT2D eigenvalue weighted by atomic mass is 79.9. The first-order valence-corrected chi connectivity index (χ1v) is 10.1. The summed E-state index contributed by atoms with van der Waals surface area (Å²) in [6.45, 7) is 4.38. The summed E-state index contributed by atoms with van der Waals surface area (Å²) >= 11 is 5.20. The van der Waals surface area contributed by atoms with Gasteiger partial charge in [0.2, 0.25) is 0 Å². The first kappa shape index (κ1) is 17.4. The second kappa shape index (κ2) is 6.97. The molecule has 0 atom stereocenters. The van der Waals surface area contributed by atoms with Crippen LogP contribution in [-0.4, -0.2) is 12.4 Å². The Morgan fingerprint density at radius 2 is 2.08 bits per heavy atom. The van der Waals surface area contributed by atoms with Crippen molar-refractivity contribution in [2.75, 3.05) is 12.4 Å². The molecule has 0 radical (unpaired) electrons. The van der Waals surface area contributed by atoms with Crippen LogP contribution < -0.4 is 10.4 Å². The zero-order valence-corrected chi connectivity index (χ0v) is 16.9. The Hall–Kier alpha value is -1.98. The van der Waals surface area contributed by atoms with Crippen molar-refractivity contribution in [3.05, 3.63) is 74.1 Å². The Bertz CT molecular complexity index is 1080. The standard InChI is InChI=1S/C21H17BrO3S/c1-12-6-7-17-15(10-12)20-18(21(23)25-17)14(8-9-26-20)11-24-19-13(2)4-3-5-16(19)22/h3-8,10H,9,11H2,1-2H3. The predicted molar refractivity (Wildman–Crippen MR) is 110 cm³/mol. The van der Waals surface area contributed by atoms with Gasteiger partial charge in [0.15, 0.2) is 0 Å². The minimum absolute atomic E-state index is 0.303. The molecule has 5 heteroatoms. The summed E-state index contributed by atoms with van der Waals surface area (Å²) in [6.07, 6.45) is 2.05. The van der Waals surface area contributed by atoms with Crippen molar-refractivity contribution in [2.24, 2.45) is 0 Å². The molecule has 3 aromatic rings. The number of fused-ring (bicyclic) bond motifs is 3. The molecule has 0 amide bonds. The molecule has 0 spiro atoms. The summed E-state index contributed by atoms with van der Waals surface area (Å²) in [7, 11) is 0. The van der Waals surface area contributed by atoms with E-state index in [1.54, 1.807) is 11.8 Å². The summed E-state index contributed by atoms with van der Waals surface area (Å²) in [5.41, 5.74) is 4.03. The Balaban J connectivity index is 1.75. The minimum Gasteiger partial charge on any atom is -0.487 e. The molecule has 132 valence electrons. The Morgan fingerprint density at radius 1 is 1.23 bits per heavy atom. The van der Waals surface area contributed by atoms with Crippen LogP contribution in [0, 0.1) is 13.8 Å². The second-order valence-corrected chi connectivity index (χ2v) is 8.19. The van der Waals surface area contributed by atoms with E-state index in [9.17, 15) is 4.79 Å². The highest BCUT2D eigenvalue weighted by Gasteiger charge is 2.22. The predicted octanol–water partition coefficient (Wildman–Crippen LogP) is 5.74. The van der Waals surface area contributed by atoms with Crippen molar-refractivity contribution in [1.82, 2.24) is 0 Å². The molecule has 4 rings (SSSR count). The third-order valence-corrected chi connectivity index (χ3v) is 6.10. The van der Waals surface area contributed by atoms with Gasteiger partial charge in [-0.15, -0.1) is 11.8 Å². The number of thioether (sulfide) groups is 1. The third kappa shape index (κ3) is 3.10. The fourth-order valence-corrected chi connectivity index (χ4v) is 4.83. The van der Waals surface area contributed by atoms with E-state index in [1.165, 1.54) is 0 Å². The van der Waals surface area contributed by atoms with Gasteiger partial charge in [-0.3, -0.25) is 0 Å². The zero-order chi connectivity index (χ0) is 18.3. The summed E-state index contributed by atoms with van der Waals surface area (Å²) in [5, 5.41) is 0.993. The van der Waals surface area contributed by atoms with E-state index in [1.807, 2.05) is 44.2 Å². The number of ether oxygens (including phenoxy) is 1.